The van der Waals surface area contributed by atoms with E-state index < -0.39 is 12.2 Å². The second-order valence-corrected chi connectivity index (χ2v) is 6.94. The van der Waals surface area contributed by atoms with Crippen molar-refractivity contribution in [3.05, 3.63) is 66.4 Å². The number of hydrogen-bond donors (Lipinski definition) is 3. The number of aromatic nitrogens is 3. The van der Waals surface area contributed by atoms with E-state index in [0.717, 1.165) is 33.5 Å². The Kier molecular flexibility index (Phi) is 5.29. The molecule has 3 N–H and O–H groups in total. The number of ether oxygens (including phenoxy) is 1. The first-order valence-electron chi connectivity index (χ1n) is 9.56. The Labute approximate surface area is 168 Å². The zero-order valence-corrected chi connectivity index (χ0v) is 16.3. The molecule has 4 aromatic rings. The van der Waals surface area contributed by atoms with Gasteiger partial charge in [0.05, 0.1) is 13.2 Å². The van der Waals surface area contributed by atoms with Gasteiger partial charge in [0.2, 0.25) is 0 Å². The number of fused-ring (bicyclic) bond motifs is 1. The number of methoxy groups -OCH3 is 1. The second kappa shape index (κ2) is 8.03. The average molecular weight is 389 g/mol. The number of para-hydroxylation sites is 1. The van der Waals surface area contributed by atoms with Crippen LogP contribution < -0.4 is 4.74 Å². The lowest BCUT2D eigenvalue weighted by Gasteiger charge is -2.17. The zero-order chi connectivity index (χ0) is 20.4. The lowest BCUT2D eigenvalue weighted by Crippen LogP contribution is -2.16. The summed E-state index contributed by atoms with van der Waals surface area (Å²) in [6.07, 6.45) is 0.538. The molecule has 2 aromatic heterocycles. The van der Waals surface area contributed by atoms with E-state index >= 15 is 0 Å². The van der Waals surface area contributed by atoms with Gasteiger partial charge in [0.15, 0.2) is 5.65 Å². The highest BCUT2D eigenvalue weighted by Gasteiger charge is 2.18. The van der Waals surface area contributed by atoms with Gasteiger partial charge in [-0.3, -0.25) is 5.10 Å². The van der Waals surface area contributed by atoms with Crippen molar-refractivity contribution in [3.63, 3.8) is 0 Å². The van der Waals surface area contributed by atoms with Crippen LogP contribution in [0.2, 0.25) is 0 Å². The molecule has 4 rings (SSSR count). The Morgan fingerprint density at radius 3 is 2.66 bits per heavy atom. The Bertz CT molecular complexity index is 1140. The molecule has 0 amide bonds. The van der Waals surface area contributed by atoms with Crippen molar-refractivity contribution in [1.29, 1.82) is 0 Å². The van der Waals surface area contributed by atoms with Gasteiger partial charge in [-0.2, -0.15) is 5.10 Å². The van der Waals surface area contributed by atoms with Crippen molar-refractivity contribution in [3.8, 4) is 28.1 Å². The van der Waals surface area contributed by atoms with Crippen LogP contribution in [-0.2, 0) is 0 Å². The fourth-order valence-electron chi connectivity index (χ4n) is 3.45. The summed E-state index contributed by atoms with van der Waals surface area (Å²) < 4.78 is 5.48. The van der Waals surface area contributed by atoms with Crippen molar-refractivity contribution < 1.29 is 14.9 Å². The van der Waals surface area contributed by atoms with Crippen molar-refractivity contribution in [2.45, 2.75) is 25.6 Å². The summed E-state index contributed by atoms with van der Waals surface area (Å²) in [6.45, 7) is 1.84. The van der Waals surface area contributed by atoms with E-state index in [0.29, 0.717) is 17.6 Å². The van der Waals surface area contributed by atoms with Gasteiger partial charge in [-0.15, -0.1) is 0 Å². The summed E-state index contributed by atoms with van der Waals surface area (Å²) in [5, 5.41) is 28.6. The second-order valence-electron chi connectivity index (χ2n) is 6.94. The highest BCUT2D eigenvalue weighted by atomic mass is 16.5. The lowest BCUT2D eigenvalue weighted by molar-refractivity contribution is 0.0165. The van der Waals surface area contributed by atoms with Gasteiger partial charge in [-0.25, -0.2) is 4.98 Å². The summed E-state index contributed by atoms with van der Waals surface area (Å²) in [4.78, 5) is 4.51. The molecule has 0 aliphatic rings. The number of aromatic amines is 1. The van der Waals surface area contributed by atoms with Crippen molar-refractivity contribution >= 4 is 11.0 Å². The molecule has 0 aliphatic carbocycles. The topological polar surface area (TPSA) is 91.3 Å². The fraction of sp³-hybridized carbons (Fsp3) is 0.217. The van der Waals surface area contributed by atoms with Gasteiger partial charge in [0.25, 0.3) is 0 Å². The smallest absolute Gasteiger partial charge is 0.155 e. The van der Waals surface area contributed by atoms with Gasteiger partial charge >= 0.3 is 0 Å². The number of nitrogens with one attached hydrogen (secondary N) is 1. The molecule has 2 atom stereocenters. The number of aliphatic hydroxyl groups is 2. The summed E-state index contributed by atoms with van der Waals surface area (Å²) in [5.74, 6) is 0.741. The van der Waals surface area contributed by atoms with Gasteiger partial charge in [0, 0.05) is 22.7 Å². The lowest BCUT2D eigenvalue weighted by atomic mass is 9.97. The highest BCUT2D eigenvalue weighted by molar-refractivity contribution is 5.94. The maximum atomic E-state index is 10.4. The molecular formula is C23H23N3O3. The minimum atomic E-state index is -0.922. The molecule has 6 nitrogen and oxygen atoms in total. The van der Waals surface area contributed by atoms with Crippen LogP contribution in [0.4, 0.5) is 0 Å². The Morgan fingerprint density at radius 2 is 1.86 bits per heavy atom. The minimum absolute atomic E-state index is 0.482. The number of aliphatic hydroxyl groups excluding tert-OH is 2. The van der Waals surface area contributed by atoms with Crippen LogP contribution in [-0.4, -0.2) is 38.6 Å². The Hall–Kier alpha value is -3.22. The van der Waals surface area contributed by atoms with E-state index in [4.69, 9.17) is 4.74 Å². The Balaban J connectivity index is 1.79. The molecule has 0 spiro atoms. The molecule has 6 heteroatoms. The number of nitrogens with zero attached hydrogens (tertiary/aromatic N) is 2. The van der Waals surface area contributed by atoms with E-state index in [-0.39, 0.29) is 0 Å². The number of H-pyrrole nitrogens is 1. The molecule has 0 radical (unpaired) electrons. The monoisotopic (exact) mass is 389 g/mol. The SMILES string of the molecule is CC[C@H](O)[C@@H](O)c1cccc(-c2cnc3[nH]nc(-c4ccccc4OC)c3c2)c1. The largest absolute Gasteiger partial charge is 0.496 e. The van der Waals surface area contributed by atoms with Gasteiger partial charge < -0.3 is 14.9 Å². The third kappa shape index (κ3) is 3.60. The number of hydrogen-bond acceptors (Lipinski definition) is 5. The quantitative estimate of drug-likeness (QED) is 0.462. The van der Waals surface area contributed by atoms with Crippen molar-refractivity contribution in [2.24, 2.45) is 0 Å². The maximum Gasteiger partial charge on any atom is 0.155 e. The van der Waals surface area contributed by atoms with Crippen LogP contribution in [0.25, 0.3) is 33.4 Å². The van der Waals surface area contributed by atoms with Gasteiger partial charge in [0.1, 0.15) is 17.5 Å². The number of pyridine rings is 1. The maximum absolute atomic E-state index is 10.4. The highest BCUT2D eigenvalue weighted by Crippen LogP contribution is 2.34. The molecule has 0 bridgehead atoms. The van der Waals surface area contributed by atoms with E-state index in [1.807, 2.05) is 61.5 Å². The van der Waals surface area contributed by atoms with E-state index in [1.165, 1.54) is 0 Å². The van der Waals surface area contributed by atoms with Crippen LogP contribution in [0, 0.1) is 0 Å². The van der Waals surface area contributed by atoms with Crippen LogP contribution in [0.5, 0.6) is 5.75 Å². The van der Waals surface area contributed by atoms with Crippen molar-refractivity contribution in [2.75, 3.05) is 7.11 Å². The molecule has 29 heavy (non-hydrogen) atoms. The average Bonchev–Trinajstić information content (AvgIpc) is 3.21. The molecule has 0 aliphatic heterocycles. The summed E-state index contributed by atoms with van der Waals surface area (Å²) in [6, 6.07) is 17.3. The number of benzene rings is 2. The molecule has 0 fully saturated rings. The minimum Gasteiger partial charge on any atom is -0.496 e. The first kappa shape index (κ1) is 19.1. The molecule has 2 heterocycles. The predicted octanol–water partition coefficient (Wildman–Crippen LogP) is 4.10. The third-order valence-electron chi connectivity index (χ3n) is 5.12. The van der Waals surface area contributed by atoms with Gasteiger partial charge in [-0.05, 0) is 41.8 Å². The van der Waals surface area contributed by atoms with E-state index in [9.17, 15) is 10.2 Å². The van der Waals surface area contributed by atoms with Crippen LogP contribution >= 0.6 is 0 Å². The van der Waals surface area contributed by atoms with E-state index in [1.54, 1.807) is 13.3 Å². The first-order valence-corrected chi connectivity index (χ1v) is 9.56. The normalized spacial score (nSPS) is 13.4. The third-order valence-corrected chi connectivity index (χ3v) is 5.12. The molecule has 0 saturated heterocycles. The number of rotatable bonds is 6. The van der Waals surface area contributed by atoms with Crippen LogP contribution in [0.3, 0.4) is 0 Å². The van der Waals surface area contributed by atoms with Crippen LogP contribution in [0.15, 0.2) is 60.8 Å². The Morgan fingerprint density at radius 1 is 1.03 bits per heavy atom. The molecule has 0 saturated carbocycles. The molecule has 2 aromatic carbocycles. The fourth-order valence-corrected chi connectivity index (χ4v) is 3.45. The summed E-state index contributed by atoms with van der Waals surface area (Å²) in [7, 11) is 1.64. The van der Waals surface area contributed by atoms with Crippen LogP contribution in [0.1, 0.15) is 25.0 Å². The van der Waals surface area contributed by atoms with Gasteiger partial charge in [-0.1, -0.05) is 37.3 Å². The molecular weight excluding hydrogens is 366 g/mol. The van der Waals surface area contributed by atoms with Crippen molar-refractivity contribution in [1.82, 2.24) is 15.2 Å². The standard InChI is InChI=1S/C23H23N3O3/c1-3-19(27)22(28)15-8-6-7-14(11-15)16-12-18-21(25-26-23(18)24-13-16)17-9-4-5-10-20(17)29-2/h4-13,19,22,27-28H,3H2,1-2H3,(H,24,25,26)/t19-,22-/m0/s1. The molecule has 148 valence electrons. The summed E-state index contributed by atoms with van der Waals surface area (Å²) in [5.41, 5.74) is 4.82. The molecule has 0 unspecified atom stereocenters. The first-order chi connectivity index (χ1) is 14.1. The summed E-state index contributed by atoms with van der Waals surface area (Å²) >= 11 is 0. The predicted molar refractivity (Wildman–Crippen MR) is 113 cm³/mol. The zero-order valence-electron chi connectivity index (χ0n) is 16.3. The van der Waals surface area contributed by atoms with E-state index in [2.05, 4.69) is 15.2 Å².